The quantitative estimate of drug-likeness (QED) is 0.586. The van der Waals surface area contributed by atoms with Crippen molar-refractivity contribution in [1.29, 1.82) is 0 Å². The van der Waals surface area contributed by atoms with Crippen molar-refractivity contribution in [2.45, 2.75) is 39.2 Å². The van der Waals surface area contributed by atoms with E-state index in [1.807, 2.05) is 0 Å². The Morgan fingerprint density at radius 1 is 1.33 bits per heavy atom. The van der Waals surface area contributed by atoms with Crippen LogP contribution in [0.5, 0.6) is 0 Å². The zero-order chi connectivity index (χ0) is 14.3. The second-order valence-corrected chi connectivity index (χ2v) is 6.63. The van der Waals surface area contributed by atoms with Crippen molar-refractivity contribution in [3.8, 4) is 0 Å². The first kappa shape index (κ1) is 23.6. The summed E-state index contributed by atoms with van der Waals surface area (Å²) in [6, 6.07) is 0. The van der Waals surface area contributed by atoms with Crippen LogP contribution in [0.25, 0.3) is 0 Å². The van der Waals surface area contributed by atoms with Gasteiger partial charge in [0.1, 0.15) is 0 Å². The van der Waals surface area contributed by atoms with Crippen LogP contribution in [-0.2, 0) is 4.79 Å². The SMILES string of the molecule is CCN(CC)CCSCC(=O)NC(C)(CN)C1CC1.Cl.Cl. The van der Waals surface area contributed by atoms with Crippen molar-refractivity contribution < 1.29 is 4.79 Å². The van der Waals surface area contributed by atoms with Gasteiger partial charge in [-0.05, 0) is 38.8 Å². The van der Waals surface area contributed by atoms with Crippen LogP contribution in [0.4, 0.5) is 0 Å². The smallest absolute Gasteiger partial charge is 0.230 e. The molecule has 0 spiro atoms. The Balaban J connectivity index is 0. The number of rotatable bonds is 10. The minimum Gasteiger partial charge on any atom is -0.349 e. The van der Waals surface area contributed by atoms with Gasteiger partial charge in [0, 0.05) is 18.8 Å². The summed E-state index contributed by atoms with van der Waals surface area (Å²) in [7, 11) is 0. The molecule has 4 nitrogen and oxygen atoms in total. The largest absolute Gasteiger partial charge is 0.349 e. The van der Waals surface area contributed by atoms with Crippen molar-refractivity contribution in [3.63, 3.8) is 0 Å². The molecule has 1 rings (SSSR count). The number of halogens is 2. The molecule has 1 amide bonds. The Bertz CT molecular complexity index is 289. The lowest BCUT2D eigenvalue weighted by molar-refractivity contribution is -0.120. The van der Waals surface area contributed by atoms with Gasteiger partial charge in [0.05, 0.1) is 11.3 Å². The maximum absolute atomic E-state index is 11.9. The molecule has 1 aliphatic rings. The molecule has 0 aromatic heterocycles. The van der Waals surface area contributed by atoms with E-state index in [9.17, 15) is 4.79 Å². The third-order valence-electron chi connectivity index (χ3n) is 4.01. The van der Waals surface area contributed by atoms with Gasteiger partial charge >= 0.3 is 0 Å². The van der Waals surface area contributed by atoms with E-state index in [1.54, 1.807) is 11.8 Å². The lowest BCUT2D eigenvalue weighted by atomic mass is 9.96. The van der Waals surface area contributed by atoms with Gasteiger partial charge in [0.15, 0.2) is 0 Å². The molecule has 3 N–H and O–H groups in total. The lowest BCUT2D eigenvalue weighted by Crippen LogP contribution is -2.53. The Hall–Kier alpha value is 0.320. The first-order valence-electron chi connectivity index (χ1n) is 7.36. The number of carbonyl (C=O) groups excluding carboxylic acids is 1. The highest BCUT2D eigenvalue weighted by Gasteiger charge is 2.41. The van der Waals surface area contributed by atoms with Crippen LogP contribution >= 0.6 is 36.6 Å². The van der Waals surface area contributed by atoms with Crippen LogP contribution in [0.1, 0.15) is 33.6 Å². The molecule has 0 aromatic rings. The fourth-order valence-corrected chi connectivity index (χ4v) is 3.08. The molecule has 128 valence electrons. The highest BCUT2D eigenvalue weighted by molar-refractivity contribution is 7.99. The maximum atomic E-state index is 11.9. The van der Waals surface area contributed by atoms with E-state index in [4.69, 9.17) is 5.73 Å². The number of thioether (sulfide) groups is 1. The number of nitrogens with zero attached hydrogens (tertiary/aromatic N) is 1. The Kier molecular flexibility index (Phi) is 13.3. The Labute approximate surface area is 146 Å². The lowest BCUT2D eigenvalue weighted by Gasteiger charge is -2.29. The summed E-state index contributed by atoms with van der Waals surface area (Å²) in [5.74, 6) is 2.27. The molecule has 21 heavy (non-hydrogen) atoms. The van der Waals surface area contributed by atoms with Crippen molar-refractivity contribution in [2.24, 2.45) is 11.7 Å². The zero-order valence-electron chi connectivity index (χ0n) is 13.4. The van der Waals surface area contributed by atoms with Gasteiger partial charge in [-0.15, -0.1) is 24.8 Å². The van der Waals surface area contributed by atoms with Gasteiger partial charge in [0.25, 0.3) is 0 Å². The average molecular weight is 360 g/mol. The first-order valence-corrected chi connectivity index (χ1v) is 8.52. The van der Waals surface area contributed by atoms with Crippen LogP contribution in [0, 0.1) is 5.92 Å². The van der Waals surface area contributed by atoms with Crippen LogP contribution < -0.4 is 11.1 Å². The van der Waals surface area contributed by atoms with E-state index in [0.717, 1.165) is 25.4 Å². The second-order valence-electron chi connectivity index (χ2n) is 5.52. The van der Waals surface area contributed by atoms with E-state index in [2.05, 4.69) is 31.0 Å². The Morgan fingerprint density at radius 2 is 1.90 bits per heavy atom. The molecule has 0 aromatic carbocycles. The number of amides is 1. The molecule has 0 bridgehead atoms. The van der Waals surface area contributed by atoms with E-state index < -0.39 is 0 Å². The van der Waals surface area contributed by atoms with Gasteiger partial charge in [-0.2, -0.15) is 11.8 Å². The molecule has 1 unspecified atom stereocenters. The monoisotopic (exact) mass is 359 g/mol. The number of hydrogen-bond donors (Lipinski definition) is 2. The molecule has 7 heteroatoms. The second kappa shape index (κ2) is 11.8. The number of hydrogen-bond acceptors (Lipinski definition) is 4. The van der Waals surface area contributed by atoms with E-state index in [-0.39, 0.29) is 36.3 Å². The van der Waals surface area contributed by atoms with Crippen LogP contribution in [0.15, 0.2) is 0 Å². The highest BCUT2D eigenvalue weighted by atomic mass is 35.5. The summed E-state index contributed by atoms with van der Waals surface area (Å²) in [6.07, 6.45) is 2.40. The van der Waals surface area contributed by atoms with E-state index in [0.29, 0.717) is 18.2 Å². The van der Waals surface area contributed by atoms with Gasteiger partial charge in [-0.3, -0.25) is 4.79 Å². The third-order valence-corrected chi connectivity index (χ3v) is 4.94. The van der Waals surface area contributed by atoms with E-state index >= 15 is 0 Å². The minimum atomic E-state index is -0.184. The summed E-state index contributed by atoms with van der Waals surface area (Å²) < 4.78 is 0. The van der Waals surface area contributed by atoms with Crippen LogP contribution in [0.3, 0.4) is 0 Å². The summed E-state index contributed by atoms with van der Waals surface area (Å²) in [6.45, 7) is 10.2. The van der Waals surface area contributed by atoms with Gasteiger partial charge in [-0.25, -0.2) is 0 Å². The number of nitrogens with two attached hydrogens (primary N) is 1. The van der Waals surface area contributed by atoms with Crippen LogP contribution in [-0.4, -0.2) is 54.0 Å². The van der Waals surface area contributed by atoms with E-state index in [1.165, 1.54) is 12.8 Å². The molecular formula is C14H31Cl2N3OS. The zero-order valence-corrected chi connectivity index (χ0v) is 15.8. The van der Waals surface area contributed by atoms with Gasteiger partial charge in [0.2, 0.25) is 5.91 Å². The summed E-state index contributed by atoms with van der Waals surface area (Å²) in [4.78, 5) is 14.3. The standard InChI is InChI=1S/C14H29N3OS.2ClH/c1-4-17(5-2)8-9-19-10-13(18)16-14(3,11-15)12-6-7-12;;/h12H,4-11,15H2,1-3H3,(H,16,18);2*1H. The third kappa shape index (κ3) is 8.50. The highest BCUT2D eigenvalue weighted by Crippen LogP contribution is 2.38. The number of nitrogens with one attached hydrogen (secondary N) is 1. The predicted octanol–water partition coefficient (Wildman–Crippen LogP) is 2.15. The molecule has 1 saturated carbocycles. The van der Waals surface area contributed by atoms with Gasteiger partial charge in [-0.1, -0.05) is 13.8 Å². The maximum Gasteiger partial charge on any atom is 0.230 e. The molecule has 1 atom stereocenters. The molecule has 0 heterocycles. The molecular weight excluding hydrogens is 329 g/mol. The molecule has 0 aliphatic heterocycles. The van der Waals surface area contributed by atoms with Crippen molar-refractivity contribution >= 4 is 42.5 Å². The first-order chi connectivity index (χ1) is 9.05. The molecule has 0 saturated heterocycles. The topological polar surface area (TPSA) is 58.4 Å². The summed E-state index contributed by atoms with van der Waals surface area (Å²) in [5, 5.41) is 3.12. The van der Waals surface area contributed by atoms with Crippen molar-refractivity contribution in [2.75, 3.05) is 37.7 Å². The summed E-state index contributed by atoms with van der Waals surface area (Å²) in [5.41, 5.74) is 5.61. The molecule has 1 aliphatic carbocycles. The Morgan fingerprint density at radius 3 is 2.33 bits per heavy atom. The van der Waals surface area contributed by atoms with Crippen molar-refractivity contribution in [1.82, 2.24) is 10.2 Å². The fraction of sp³-hybridized carbons (Fsp3) is 0.929. The summed E-state index contributed by atoms with van der Waals surface area (Å²) >= 11 is 1.71. The minimum absolute atomic E-state index is 0. The van der Waals surface area contributed by atoms with Crippen molar-refractivity contribution in [3.05, 3.63) is 0 Å². The molecule has 0 radical (unpaired) electrons. The van der Waals surface area contributed by atoms with Gasteiger partial charge < -0.3 is 16.0 Å². The normalized spacial score (nSPS) is 16.6. The average Bonchev–Trinajstić information content (AvgIpc) is 3.23. The van der Waals surface area contributed by atoms with Crippen LogP contribution in [0.2, 0.25) is 0 Å². The number of carbonyl (C=O) groups is 1. The predicted molar refractivity (Wildman–Crippen MR) is 97.9 cm³/mol. The molecule has 1 fully saturated rings. The fourth-order valence-electron chi connectivity index (χ4n) is 2.29.